The molecule has 0 radical (unpaired) electrons. The highest BCUT2D eigenvalue weighted by atomic mass is 32.1. The molecule has 10 nitrogen and oxygen atoms in total. The van der Waals surface area contributed by atoms with Crippen molar-refractivity contribution in [1.82, 2.24) is 0 Å². The molecule has 12 heteroatoms. The first-order valence-electron chi connectivity index (χ1n) is 10.2. The zero-order chi connectivity index (χ0) is 25.4. The third kappa shape index (κ3) is 5.98. The van der Waals surface area contributed by atoms with Crippen molar-refractivity contribution in [3.05, 3.63) is 32.0 Å². The summed E-state index contributed by atoms with van der Waals surface area (Å²) in [5, 5.41) is 24.3. The fourth-order valence-corrected chi connectivity index (χ4v) is 4.99. The van der Waals surface area contributed by atoms with E-state index >= 15 is 0 Å². The maximum Gasteiger partial charge on any atom is 0.348 e. The second-order valence-electron chi connectivity index (χ2n) is 6.78. The normalized spacial score (nSPS) is 10.1. The monoisotopic (exact) mass is 502 g/mol. The summed E-state index contributed by atoms with van der Waals surface area (Å²) in [5.74, 6) is -2.22. The van der Waals surface area contributed by atoms with Crippen LogP contribution in [0, 0.1) is 36.5 Å². The average Bonchev–Trinajstić information content (AvgIpc) is 3.28. The van der Waals surface area contributed by atoms with Crippen molar-refractivity contribution >= 4 is 56.4 Å². The Hall–Kier alpha value is -3.74. The Balaban J connectivity index is 2.05. The van der Waals surface area contributed by atoms with Crippen molar-refractivity contribution in [3.8, 4) is 12.1 Å². The molecule has 0 fully saturated rings. The van der Waals surface area contributed by atoms with Crippen LogP contribution in [-0.4, -0.2) is 37.0 Å². The first-order valence-corrected chi connectivity index (χ1v) is 11.8. The fourth-order valence-electron chi connectivity index (χ4n) is 2.86. The number of thiophene rings is 2. The van der Waals surface area contributed by atoms with Crippen molar-refractivity contribution < 1.29 is 28.7 Å². The SMILES string of the molecule is CCOC(=O)c1sc(NC(=O)CCC(=O)Nc2sc(C(=O)OCC)c(C)c2C#N)c(C#N)c1C. The third-order valence-corrected chi connectivity index (χ3v) is 6.90. The highest BCUT2D eigenvalue weighted by molar-refractivity contribution is 7.19. The standard InChI is InChI=1S/C22H22N4O6S2/c1-5-31-21(29)17-11(3)13(9-23)19(33-17)25-15(27)7-8-16(28)26-20-14(10-24)12(4)18(34-20)22(30)32-6-2/h5-8H2,1-4H3,(H,25,27)(H,26,28). The van der Waals surface area contributed by atoms with Crippen molar-refractivity contribution in [3.63, 3.8) is 0 Å². The lowest BCUT2D eigenvalue weighted by molar-refractivity contribution is -0.121. The number of esters is 2. The first kappa shape index (κ1) is 26.5. The van der Waals surface area contributed by atoms with E-state index in [2.05, 4.69) is 10.6 Å². The van der Waals surface area contributed by atoms with Gasteiger partial charge in [0.05, 0.1) is 24.3 Å². The minimum atomic E-state index is -0.580. The summed E-state index contributed by atoms with van der Waals surface area (Å²) in [6.07, 6.45) is -0.418. The van der Waals surface area contributed by atoms with Crippen molar-refractivity contribution in [1.29, 1.82) is 10.5 Å². The molecule has 178 valence electrons. The van der Waals surface area contributed by atoms with Crippen LogP contribution < -0.4 is 10.6 Å². The Bertz CT molecular complexity index is 1120. The summed E-state index contributed by atoms with van der Waals surface area (Å²) in [5.41, 5.74) is 1.14. The lowest BCUT2D eigenvalue weighted by atomic mass is 10.1. The Kier molecular flexibility index (Phi) is 9.30. The molecule has 2 rings (SSSR count). The molecule has 34 heavy (non-hydrogen) atoms. The molecule has 0 unspecified atom stereocenters. The fraction of sp³-hybridized carbons (Fsp3) is 0.364. The number of nitrogens with one attached hydrogen (secondary N) is 2. The van der Waals surface area contributed by atoms with Gasteiger partial charge in [0.1, 0.15) is 31.9 Å². The molecule has 2 aromatic heterocycles. The second-order valence-corrected chi connectivity index (χ2v) is 8.82. The first-order chi connectivity index (χ1) is 16.2. The highest BCUT2D eigenvalue weighted by Gasteiger charge is 2.24. The van der Waals surface area contributed by atoms with Gasteiger partial charge in [0.15, 0.2) is 0 Å². The van der Waals surface area contributed by atoms with E-state index < -0.39 is 23.8 Å². The predicted molar refractivity (Wildman–Crippen MR) is 126 cm³/mol. The summed E-state index contributed by atoms with van der Waals surface area (Å²) in [4.78, 5) is 49.3. The van der Waals surface area contributed by atoms with E-state index in [4.69, 9.17) is 9.47 Å². The molecule has 0 saturated heterocycles. The van der Waals surface area contributed by atoms with E-state index in [1.54, 1.807) is 27.7 Å². The number of hydrogen-bond donors (Lipinski definition) is 2. The summed E-state index contributed by atoms with van der Waals surface area (Å²) < 4.78 is 9.93. The molecular weight excluding hydrogens is 480 g/mol. The van der Waals surface area contributed by atoms with Crippen molar-refractivity contribution in [2.24, 2.45) is 0 Å². The molecular formula is C22H22N4O6S2. The number of ether oxygens (including phenoxy) is 2. The lowest BCUT2D eigenvalue weighted by Crippen LogP contribution is -2.17. The second kappa shape index (κ2) is 11.9. The molecule has 0 aliphatic carbocycles. The molecule has 0 aliphatic heterocycles. The van der Waals surface area contributed by atoms with Crippen LogP contribution in [0.2, 0.25) is 0 Å². The summed E-state index contributed by atoms with van der Waals surface area (Å²) >= 11 is 1.86. The maximum atomic E-state index is 12.4. The Labute approximate surface area is 204 Å². The zero-order valence-electron chi connectivity index (χ0n) is 19.0. The van der Waals surface area contributed by atoms with Gasteiger partial charge in [0, 0.05) is 12.8 Å². The Morgan fingerprint density at radius 3 is 1.41 bits per heavy atom. The minimum Gasteiger partial charge on any atom is -0.462 e. The number of anilines is 2. The molecule has 0 saturated carbocycles. The molecule has 0 spiro atoms. The van der Waals surface area contributed by atoms with Crippen LogP contribution in [0.1, 0.15) is 68.3 Å². The van der Waals surface area contributed by atoms with Gasteiger partial charge >= 0.3 is 11.9 Å². The molecule has 0 aromatic carbocycles. The predicted octanol–water partition coefficient (Wildman–Crippen LogP) is 3.88. The molecule has 2 aromatic rings. The summed E-state index contributed by atoms with van der Waals surface area (Å²) in [7, 11) is 0. The number of nitrogens with zero attached hydrogens (tertiary/aromatic N) is 2. The van der Waals surface area contributed by atoms with Gasteiger partial charge in [-0.1, -0.05) is 0 Å². The van der Waals surface area contributed by atoms with Crippen LogP contribution in [0.5, 0.6) is 0 Å². The quantitative estimate of drug-likeness (QED) is 0.489. The Morgan fingerprint density at radius 2 is 1.12 bits per heavy atom. The summed E-state index contributed by atoms with van der Waals surface area (Å²) in [6.45, 7) is 6.85. The van der Waals surface area contributed by atoms with E-state index in [0.717, 1.165) is 22.7 Å². The third-order valence-electron chi connectivity index (χ3n) is 4.52. The molecule has 2 N–H and O–H groups in total. The number of nitriles is 2. The van der Waals surface area contributed by atoms with Crippen LogP contribution in [0.25, 0.3) is 0 Å². The van der Waals surface area contributed by atoms with E-state index in [9.17, 15) is 29.7 Å². The number of carbonyl (C=O) groups excluding carboxylic acids is 4. The molecule has 2 heterocycles. The van der Waals surface area contributed by atoms with Crippen molar-refractivity contribution in [2.45, 2.75) is 40.5 Å². The van der Waals surface area contributed by atoms with Crippen LogP contribution >= 0.6 is 22.7 Å². The van der Waals surface area contributed by atoms with Crippen LogP contribution in [0.3, 0.4) is 0 Å². The van der Waals surface area contributed by atoms with E-state index in [0.29, 0.717) is 11.1 Å². The molecule has 0 atom stereocenters. The van der Waals surface area contributed by atoms with Gasteiger partial charge in [0.25, 0.3) is 0 Å². The minimum absolute atomic E-state index is 0.157. The van der Waals surface area contributed by atoms with E-state index in [1.165, 1.54) is 0 Å². The van der Waals surface area contributed by atoms with Crippen LogP contribution in [0.4, 0.5) is 10.0 Å². The van der Waals surface area contributed by atoms with Gasteiger partial charge < -0.3 is 20.1 Å². The van der Waals surface area contributed by atoms with Gasteiger partial charge in [-0.15, -0.1) is 22.7 Å². The smallest absolute Gasteiger partial charge is 0.348 e. The van der Waals surface area contributed by atoms with E-state index in [-0.39, 0.29) is 56.9 Å². The molecule has 0 bridgehead atoms. The van der Waals surface area contributed by atoms with Gasteiger partial charge in [-0.2, -0.15) is 10.5 Å². The van der Waals surface area contributed by atoms with Gasteiger partial charge in [-0.25, -0.2) is 9.59 Å². The topological polar surface area (TPSA) is 158 Å². The van der Waals surface area contributed by atoms with Crippen LogP contribution in [-0.2, 0) is 19.1 Å². The number of carbonyl (C=O) groups is 4. The van der Waals surface area contributed by atoms with Crippen LogP contribution in [0.15, 0.2) is 0 Å². The number of amides is 2. The maximum absolute atomic E-state index is 12.4. The van der Waals surface area contributed by atoms with Gasteiger partial charge in [0.2, 0.25) is 11.8 Å². The Morgan fingerprint density at radius 1 is 0.765 bits per heavy atom. The average molecular weight is 503 g/mol. The molecule has 0 aliphatic rings. The van der Waals surface area contributed by atoms with Gasteiger partial charge in [-0.05, 0) is 38.8 Å². The molecule has 2 amide bonds. The lowest BCUT2D eigenvalue weighted by Gasteiger charge is -2.05. The highest BCUT2D eigenvalue weighted by Crippen LogP contribution is 2.34. The van der Waals surface area contributed by atoms with Gasteiger partial charge in [-0.3, -0.25) is 9.59 Å². The number of hydrogen-bond acceptors (Lipinski definition) is 10. The van der Waals surface area contributed by atoms with Crippen molar-refractivity contribution in [2.75, 3.05) is 23.8 Å². The zero-order valence-corrected chi connectivity index (χ0v) is 20.6. The summed E-state index contributed by atoms with van der Waals surface area (Å²) in [6, 6.07) is 3.93. The number of rotatable bonds is 9. The largest absolute Gasteiger partial charge is 0.462 e. The van der Waals surface area contributed by atoms with E-state index in [1.807, 2.05) is 12.1 Å².